The van der Waals surface area contributed by atoms with Crippen LogP contribution >= 0.6 is 23.4 Å². The highest BCUT2D eigenvalue weighted by Crippen LogP contribution is 2.27. The Labute approximate surface area is 136 Å². The number of halogens is 1. The van der Waals surface area contributed by atoms with Gasteiger partial charge in [-0.25, -0.2) is 4.79 Å². The number of imide groups is 1. The van der Waals surface area contributed by atoms with Gasteiger partial charge in [0.05, 0.1) is 22.5 Å². The number of benzene rings is 1. The summed E-state index contributed by atoms with van der Waals surface area (Å²) in [5, 5.41) is 2.99. The molecule has 1 unspecified atom stereocenters. The molecule has 0 aliphatic carbocycles. The van der Waals surface area contributed by atoms with Crippen LogP contribution < -0.4 is 5.32 Å². The van der Waals surface area contributed by atoms with Crippen molar-refractivity contribution in [2.75, 3.05) is 24.2 Å². The molecule has 2 aliphatic heterocycles. The fourth-order valence-electron chi connectivity index (χ4n) is 2.61. The summed E-state index contributed by atoms with van der Waals surface area (Å²) < 4.78 is 0. The molecular weight excluding hydrogens is 326 g/mol. The first-order chi connectivity index (χ1) is 10.6. The van der Waals surface area contributed by atoms with Gasteiger partial charge in [-0.05, 0) is 18.6 Å². The normalized spacial score (nSPS) is 21.6. The molecule has 0 saturated carbocycles. The minimum atomic E-state index is -0.276. The first-order valence-electron chi connectivity index (χ1n) is 6.85. The lowest BCUT2D eigenvalue weighted by Crippen LogP contribution is -2.42. The summed E-state index contributed by atoms with van der Waals surface area (Å²) in [4.78, 5) is 38.6. The number of para-hydroxylation sites is 1. The Balaban J connectivity index is 1.63. The van der Waals surface area contributed by atoms with Gasteiger partial charge in [0.2, 0.25) is 5.91 Å². The van der Waals surface area contributed by atoms with Crippen LogP contribution in [0.2, 0.25) is 5.02 Å². The number of urea groups is 1. The van der Waals surface area contributed by atoms with Crippen LogP contribution in [0.5, 0.6) is 0 Å². The van der Waals surface area contributed by atoms with Gasteiger partial charge in [-0.15, -0.1) is 0 Å². The first kappa shape index (κ1) is 15.2. The minimum Gasteiger partial charge on any atom is -0.322 e. The van der Waals surface area contributed by atoms with E-state index in [0.29, 0.717) is 30.2 Å². The van der Waals surface area contributed by atoms with Gasteiger partial charge in [0.15, 0.2) is 0 Å². The minimum absolute atomic E-state index is 0.173. The highest BCUT2D eigenvalue weighted by molar-refractivity contribution is 8.14. The average Bonchev–Trinajstić information content (AvgIpc) is 3.08. The number of thioether (sulfide) groups is 1. The van der Waals surface area contributed by atoms with Crippen LogP contribution in [0.4, 0.5) is 15.3 Å². The Morgan fingerprint density at radius 1 is 1.32 bits per heavy atom. The lowest BCUT2D eigenvalue weighted by molar-refractivity contribution is -0.126. The molecule has 4 amide bonds. The lowest BCUT2D eigenvalue weighted by Gasteiger charge is -2.22. The summed E-state index contributed by atoms with van der Waals surface area (Å²) in [6.07, 6.45) is 0.605. The molecule has 0 spiro atoms. The number of nitrogens with one attached hydrogen (secondary N) is 1. The quantitative estimate of drug-likeness (QED) is 0.899. The van der Waals surface area contributed by atoms with Crippen molar-refractivity contribution in [2.24, 2.45) is 0 Å². The van der Waals surface area contributed by atoms with Crippen LogP contribution in [-0.2, 0) is 4.79 Å². The van der Waals surface area contributed by atoms with Crippen LogP contribution in [0.3, 0.4) is 0 Å². The van der Waals surface area contributed by atoms with Crippen LogP contribution in [-0.4, -0.2) is 51.9 Å². The number of likely N-dealkylation sites (tertiary alicyclic amines) is 1. The van der Waals surface area contributed by atoms with Crippen LogP contribution in [0.25, 0.3) is 0 Å². The second-order valence-corrected chi connectivity index (χ2v) is 6.45. The highest BCUT2D eigenvalue weighted by atomic mass is 35.5. The molecule has 6 nitrogen and oxygen atoms in total. The molecule has 8 heteroatoms. The first-order valence-corrected chi connectivity index (χ1v) is 8.22. The Kier molecular flexibility index (Phi) is 4.26. The predicted octanol–water partition coefficient (Wildman–Crippen LogP) is 2.64. The zero-order valence-corrected chi connectivity index (χ0v) is 13.2. The highest BCUT2D eigenvalue weighted by Gasteiger charge is 2.40. The Bertz CT molecular complexity index is 624. The van der Waals surface area contributed by atoms with E-state index < -0.39 is 0 Å². The zero-order valence-electron chi connectivity index (χ0n) is 11.6. The molecule has 0 bridgehead atoms. The maximum absolute atomic E-state index is 12.3. The van der Waals surface area contributed by atoms with E-state index in [1.807, 2.05) is 0 Å². The number of hydrogen-bond acceptors (Lipinski definition) is 4. The summed E-state index contributed by atoms with van der Waals surface area (Å²) in [6.45, 7) is 0.858. The Hall–Kier alpha value is -1.73. The van der Waals surface area contributed by atoms with Crippen LogP contribution in [0.15, 0.2) is 24.3 Å². The van der Waals surface area contributed by atoms with Gasteiger partial charge in [0.1, 0.15) is 0 Å². The van der Waals surface area contributed by atoms with E-state index in [4.69, 9.17) is 11.6 Å². The predicted molar refractivity (Wildman–Crippen MR) is 85.1 cm³/mol. The molecule has 2 aliphatic rings. The summed E-state index contributed by atoms with van der Waals surface area (Å²) in [6, 6.07) is 6.48. The molecule has 116 valence electrons. The zero-order chi connectivity index (χ0) is 15.7. The number of nitrogens with zero attached hydrogens (tertiary/aromatic N) is 2. The van der Waals surface area contributed by atoms with Crippen molar-refractivity contribution >= 4 is 46.2 Å². The van der Waals surface area contributed by atoms with Crippen LogP contribution in [0.1, 0.15) is 6.42 Å². The summed E-state index contributed by atoms with van der Waals surface area (Å²) in [5.74, 6) is 0.0228. The van der Waals surface area contributed by atoms with Gasteiger partial charge in [-0.2, -0.15) is 0 Å². The molecule has 1 aromatic carbocycles. The van der Waals surface area contributed by atoms with E-state index in [0.717, 1.165) is 11.8 Å². The average molecular weight is 340 g/mol. The molecule has 0 aromatic heterocycles. The second-order valence-electron chi connectivity index (χ2n) is 5.12. The van der Waals surface area contributed by atoms with E-state index in [9.17, 15) is 14.4 Å². The number of carbonyl (C=O) groups is 3. The van der Waals surface area contributed by atoms with Gasteiger partial charge in [0.25, 0.3) is 5.24 Å². The third-order valence-corrected chi connectivity index (χ3v) is 4.88. The van der Waals surface area contributed by atoms with Crippen LogP contribution in [0, 0.1) is 0 Å². The van der Waals surface area contributed by atoms with Crippen molar-refractivity contribution in [3.8, 4) is 0 Å². The number of carbonyl (C=O) groups excluding carboxylic acids is 3. The van der Waals surface area contributed by atoms with Crippen molar-refractivity contribution in [2.45, 2.75) is 12.5 Å². The largest absolute Gasteiger partial charge is 0.322 e. The molecule has 3 rings (SSSR count). The van der Waals surface area contributed by atoms with Gasteiger partial charge in [0, 0.05) is 13.1 Å². The third-order valence-electron chi connectivity index (χ3n) is 3.72. The van der Waals surface area contributed by atoms with Gasteiger partial charge in [-0.3, -0.25) is 14.5 Å². The van der Waals surface area contributed by atoms with Gasteiger partial charge in [-0.1, -0.05) is 35.5 Å². The standard InChI is InChI=1S/C14H14ClN3O3S/c15-10-3-1-2-4-11(10)16-13(20)17-6-5-9(7-17)18-12(19)8-22-14(18)21/h1-4,9H,5-8H2,(H,16,20). The van der Waals surface area contributed by atoms with E-state index in [-0.39, 0.29) is 29.0 Å². The number of amides is 4. The van der Waals surface area contributed by atoms with Crippen molar-refractivity contribution in [3.63, 3.8) is 0 Å². The summed E-state index contributed by atoms with van der Waals surface area (Å²) in [7, 11) is 0. The number of rotatable bonds is 2. The van der Waals surface area contributed by atoms with Crippen molar-refractivity contribution in [1.29, 1.82) is 0 Å². The molecule has 1 N–H and O–H groups in total. The molecule has 22 heavy (non-hydrogen) atoms. The molecule has 2 heterocycles. The smallest absolute Gasteiger partial charge is 0.321 e. The fraction of sp³-hybridized carbons (Fsp3) is 0.357. The SMILES string of the molecule is O=C(Nc1ccccc1Cl)N1CCC(N2C(=O)CSC2=O)C1. The maximum Gasteiger partial charge on any atom is 0.321 e. The second kappa shape index (κ2) is 6.18. The molecule has 1 atom stereocenters. The van der Waals surface area contributed by atoms with Crippen molar-refractivity contribution in [3.05, 3.63) is 29.3 Å². The topological polar surface area (TPSA) is 69.7 Å². The summed E-state index contributed by atoms with van der Waals surface area (Å²) in [5.41, 5.74) is 0.543. The molecule has 0 radical (unpaired) electrons. The molecule has 2 saturated heterocycles. The van der Waals surface area contributed by atoms with E-state index in [1.165, 1.54) is 4.90 Å². The van der Waals surface area contributed by atoms with Crippen molar-refractivity contribution < 1.29 is 14.4 Å². The number of anilines is 1. The fourth-order valence-corrected chi connectivity index (χ4v) is 3.57. The monoisotopic (exact) mass is 339 g/mol. The molecule has 2 fully saturated rings. The van der Waals surface area contributed by atoms with E-state index in [1.54, 1.807) is 29.2 Å². The van der Waals surface area contributed by atoms with Crippen molar-refractivity contribution in [1.82, 2.24) is 9.80 Å². The van der Waals surface area contributed by atoms with E-state index >= 15 is 0 Å². The third kappa shape index (κ3) is 2.91. The Morgan fingerprint density at radius 3 is 2.77 bits per heavy atom. The Morgan fingerprint density at radius 2 is 2.09 bits per heavy atom. The lowest BCUT2D eigenvalue weighted by atomic mass is 10.2. The summed E-state index contributed by atoms with van der Waals surface area (Å²) >= 11 is 7.03. The van der Waals surface area contributed by atoms with E-state index in [2.05, 4.69) is 5.32 Å². The van der Waals surface area contributed by atoms with Gasteiger partial charge < -0.3 is 10.2 Å². The molecular formula is C14H14ClN3O3S. The maximum atomic E-state index is 12.3. The number of hydrogen-bond donors (Lipinski definition) is 1. The molecule has 1 aromatic rings. The van der Waals surface area contributed by atoms with Gasteiger partial charge >= 0.3 is 6.03 Å².